The van der Waals surface area contributed by atoms with E-state index in [0.29, 0.717) is 5.69 Å². The first-order chi connectivity index (χ1) is 7.09. The van der Waals surface area contributed by atoms with Crippen LogP contribution in [-0.2, 0) is 10.0 Å². The van der Waals surface area contributed by atoms with Gasteiger partial charge in [-0.2, -0.15) is 5.10 Å². The zero-order valence-corrected chi connectivity index (χ0v) is 9.05. The molecule has 15 heavy (non-hydrogen) atoms. The number of rotatable bonds is 3. The summed E-state index contributed by atoms with van der Waals surface area (Å²) in [7, 11) is -3.31. The second kappa shape index (κ2) is 3.73. The largest absolute Gasteiger partial charge is 0.394 e. The molecule has 1 aliphatic rings. The number of nitrogen functional groups attached to an aromatic ring is 1. The molecule has 0 aliphatic heterocycles. The molecule has 84 valence electrons. The fourth-order valence-corrected chi connectivity index (χ4v) is 3.37. The standard InChI is InChI=1S/C8H14N4O2S/c9-7-5-10-11-8(7)12-15(13,14)6-3-1-2-4-6/h5-6H,1-4,9H2,(H2,10,11,12). The fourth-order valence-electron chi connectivity index (χ4n) is 1.80. The predicted molar refractivity (Wildman–Crippen MR) is 57.8 cm³/mol. The van der Waals surface area contributed by atoms with E-state index >= 15 is 0 Å². The van der Waals surface area contributed by atoms with Crippen molar-refractivity contribution in [1.82, 2.24) is 10.2 Å². The lowest BCUT2D eigenvalue weighted by Gasteiger charge is -2.12. The molecule has 0 amide bonds. The third kappa shape index (κ3) is 2.06. The van der Waals surface area contributed by atoms with Gasteiger partial charge in [0.2, 0.25) is 10.0 Å². The summed E-state index contributed by atoms with van der Waals surface area (Å²) in [5, 5.41) is 5.88. The first kappa shape index (κ1) is 10.3. The van der Waals surface area contributed by atoms with Crippen molar-refractivity contribution in [2.75, 3.05) is 10.5 Å². The Morgan fingerprint density at radius 3 is 2.67 bits per heavy atom. The van der Waals surface area contributed by atoms with Crippen molar-refractivity contribution in [2.45, 2.75) is 30.9 Å². The Labute approximate surface area is 88.3 Å². The van der Waals surface area contributed by atoms with Gasteiger partial charge in [-0.05, 0) is 12.8 Å². The van der Waals surface area contributed by atoms with E-state index in [0.717, 1.165) is 25.7 Å². The monoisotopic (exact) mass is 230 g/mol. The summed E-state index contributed by atoms with van der Waals surface area (Å²) in [5.74, 6) is 0.266. The van der Waals surface area contributed by atoms with Crippen LogP contribution in [0.1, 0.15) is 25.7 Å². The maximum Gasteiger partial charge on any atom is 0.236 e. The molecule has 0 bridgehead atoms. The van der Waals surface area contributed by atoms with Crippen LogP contribution in [0.2, 0.25) is 0 Å². The van der Waals surface area contributed by atoms with Crippen LogP contribution in [0.25, 0.3) is 0 Å². The van der Waals surface area contributed by atoms with Crippen molar-refractivity contribution in [3.8, 4) is 0 Å². The van der Waals surface area contributed by atoms with Crippen LogP contribution >= 0.6 is 0 Å². The van der Waals surface area contributed by atoms with E-state index in [2.05, 4.69) is 14.9 Å². The molecule has 7 heteroatoms. The number of aromatic amines is 1. The second-order valence-corrected chi connectivity index (χ2v) is 5.71. The van der Waals surface area contributed by atoms with E-state index < -0.39 is 10.0 Å². The Balaban J connectivity index is 2.14. The van der Waals surface area contributed by atoms with Crippen molar-refractivity contribution >= 4 is 21.5 Å². The molecule has 1 aliphatic carbocycles. The van der Waals surface area contributed by atoms with Gasteiger partial charge in [-0.25, -0.2) is 8.42 Å². The number of anilines is 2. The Bertz CT molecular complexity index is 433. The topological polar surface area (TPSA) is 101 Å². The number of nitrogens with two attached hydrogens (primary N) is 1. The Morgan fingerprint density at radius 2 is 2.13 bits per heavy atom. The molecule has 0 aromatic carbocycles. The third-order valence-electron chi connectivity index (χ3n) is 2.65. The maximum absolute atomic E-state index is 11.8. The molecule has 1 aromatic rings. The number of hydrogen-bond donors (Lipinski definition) is 3. The van der Waals surface area contributed by atoms with Gasteiger partial charge in [0.15, 0.2) is 5.82 Å². The van der Waals surface area contributed by atoms with Gasteiger partial charge >= 0.3 is 0 Å². The maximum atomic E-state index is 11.8. The van der Waals surface area contributed by atoms with Crippen LogP contribution < -0.4 is 10.5 Å². The van der Waals surface area contributed by atoms with Crippen molar-refractivity contribution < 1.29 is 8.42 Å². The zero-order chi connectivity index (χ0) is 10.9. The van der Waals surface area contributed by atoms with Gasteiger partial charge < -0.3 is 5.73 Å². The summed E-state index contributed by atoms with van der Waals surface area (Å²) in [4.78, 5) is 0. The van der Waals surface area contributed by atoms with Gasteiger partial charge in [-0.1, -0.05) is 12.8 Å². The highest BCUT2D eigenvalue weighted by molar-refractivity contribution is 7.93. The lowest BCUT2D eigenvalue weighted by Crippen LogP contribution is -2.25. The van der Waals surface area contributed by atoms with Crippen LogP contribution in [0.15, 0.2) is 6.20 Å². The van der Waals surface area contributed by atoms with E-state index in [9.17, 15) is 8.42 Å². The number of H-pyrrole nitrogens is 1. The minimum atomic E-state index is -3.31. The summed E-state index contributed by atoms with van der Waals surface area (Å²) >= 11 is 0. The summed E-state index contributed by atoms with van der Waals surface area (Å²) in [6, 6.07) is 0. The second-order valence-electron chi connectivity index (χ2n) is 3.75. The summed E-state index contributed by atoms with van der Waals surface area (Å²) in [6.45, 7) is 0. The molecule has 0 unspecified atom stereocenters. The first-order valence-electron chi connectivity index (χ1n) is 4.90. The van der Waals surface area contributed by atoms with Crippen LogP contribution in [0, 0.1) is 0 Å². The Morgan fingerprint density at radius 1 is 1.47 bits per heavy atom. The lowest BCUT2D eigenvalue weighted by atomic mass is 10.4. The lowest BCUT2D eigenvalue weighted by molar-refractivity contribution is 0.585. The number of nitrogens with one attached hydrogen (secondary N) is 2. The molecule has 0 saturated heterocycles. The molecule has 1 aromatic heterocycles. The van der Waals surface area contributed by atoms with Gasteiger partial charge in [0.1, 0.15) is 0 Å². The molecule has 2 rings (SSSR count). The molecule has 1 saturated carbocycles. The van der Waals surface area contributed by atoms with Crippen molar-refractivity contribution in [3.05, 3.63) is 6.20 Å². The zero-order valence-electron chi connectivity index (χ0n) is 8.23. The predicted octanol–water partition coefficient (Wildman–Crippen LogP) is 0.676. The summed E-state index contributed by atoms with van der Waals surface area (Å²) in [5.41, 5.74) is 5.84. The van der Waals surface area contributed by atoms with E-state index in [1.807, 2.05) is 0 Å². The fraction of sp³-hybridized carbons (Fsp3) is 0.625. The minimum Gasteiger partial charge on any atom is -0.394 e. The minimum absolute atomic E-state index is 0.266. The smallest absolute Gasteiger partial charge is 0.236 e. The average Bonchev–Trinajstić information content (AvgIpc) is 2.77. The highest BCUT2D eigenvalue weighted by Crippen LogP contribution is 2.26. The summed E-state index contributed by atoms with van der Waals surface area (Å²) in [6.07, 6.45) is 4.79. The SMILES string of the molecule is Nc1cn[nH]c1NS(=O)(=O)C1CCCC1. The number of aromatic nitrogens is 2. The first-order valence-corrected chi connectivity index (χ1v) is 6.45. The molecular formula is C8H14N4O2S. The molecule has 6 nitrogen and oxygen atoms in total. The molecule has 4 N–H and O–H groups in total. The van der Waals surface area contributed by atoms with E-state index in [4.69, 9.17) is 5.73 Å². The number of sulfonamides is 1. The number of nitrogens with zero attached hydrogens (tertiary/aromatic N) is 1. The molecule has 0 spiro atoms. The van der Waals surface area contributed by atoms with Crippen LogP contribution in [0.4, 0.5) is 11.5 Å². The van der Waals surface area contributed by atoms with Crippen molar-refractivity contribution in [2.24, 2.45) is 0 Å². The Hall–Kier alpha value is -1.24. The van der Waals surface area contributed by atoms with E-state index in [1.54, 1.807) is 0 Å². The van der Waals surface area contributed by atoms with E-state index in [1.165, 1.54) is 6.20 Å². The molecule has 1 heterocycles. The quantitative estimate of drug-likeness (QED) is 0.710. The van der Waals surface area contributed by atoms with Crippen LogP contribution in [0.5, 0.6) is 0 Å². The molecule has 0 atom stereocenters. The van der Waals surface area contributed by atoms with E-state index in [-0.39, 0.29) is 11.1 Å². The summed E-state index contributed by atoms with van der Waals surface area (Å²) < 4.78 is 26.1. The third-order valence-corrected chi connectivity index (χ3v) is 4.49. The van der Waals surface area contributed by atoms with Gasteiger partial charge in [0.25, 0.3) is 0 Å². The highest BCUT2D eigenvalue weighted by atomic mass is 32.2. The Kier molecular flexibility index (Phi) is 2.56. The van der Waals surface area contributed by atoms with Crippen molar-refractivity contribution in [1.29, 1.82) is 0 Å². The van der Waals surface area contributed by atoms with Crippen LogP contribution in [-0.4, -0.2) is 23.9 Å². The molecule has 0 radical (unpaired) electrons. The average molecular weight is 230 g/mol. The van der Waals surface area contributed by atoms with Gasteiger partial charge in [-0.15, -0.1) is 0 Å². The molecular weight excluding hydrogens is 216 g/mol. The normalized spacial score (nSPS) is 18.1. The number of hydrogen-bond acceptors (Lipinski definition) is 4. The van der Waals surface area contributed by atoms with Crippen LogP contribution in [0.3, 0.4) is 0 Å². The van der Waals surface area contributed by atoms with Crippen molar-refractivity contribution in [3.63, 3.8) is 0 Å². The molecule has 1 fully saturated rings. The van der Waals surface area contributed by atoms with Gasteiger partial charge in [0.05, 0.1) is 17.1 Å². The highest BCUT2D eigenvalue weighted by Gasteiger charge is 2.29. The van der Waals surface area contributed by atoms with Gasteiger partial charge in [0, 0.05) is 0 Å². The van der Waals surface area contributed by atoms with Gasteiger partial charge in [-0.3, -0.25) is 9.82 Å².